The molecule has 17 heavy (non-hydrogen) atoms. The summed E-state index contributed by atoms with van der Waals surface area (Å²) in [5.41, 5.74) is 1.18. The number of piperidine rings is 1. The van der Waals surface area contributed by atoms with Crippen molar-refractivity contribution in [1.29, 1.82) is 0 Å². The van der Waals surface area contributed by atoms with Crippen molar-refractivity contribution < 1.29 is 0 Å². The molecule has 0 bridgehead atoms. The summed E-state index contributed by atoms with van der Waals surface area (Å²) >= 11 is 0. The third-order valence-corrected chi connectivity index (χ3v) is 3.83. The van der Waals surface area contributed by atoms with E-state index in [1.807, 2.05) is 17.9 Å². The highest BCUT2D eigenvalue weighted by molar-refractivity contribution is 5.00. The number of nitrogens with one attached hydrogen (secondary N) is 1. The Hall–Kier alpha value is -0.870. The van der Waals surface area contributed by atoms with Crippen LogP contribution in [0.2, 0.25) is 0 Å². The quantitative estimate of drug-likeness (QED) is 0.857. The first kappa shape index (κ1) is 12.6. The summed E-state index contributed by atoms with van der Waals surface area (Å²) in [5.74, 6) is 0. The second-order valence-electron chi connectivity index (χ2n) is 5.09. The summed E-state index contributed by atoms with van der Waals surface area (Å²) in [5, 5.41) is 7.87. The molecule has 2 unspecified atom stereocenters. The molecule has 2 rings (SSSR count). The Kier molecular flexibility index (Phi) is 4.18. The van der Waals surface area contributed by atoms with Crippen LogP contribution in [0.4, 0.5) is 0 Å². The molecule has 1 saturated heterocycles. The van der Waals surface area contributed by atoms with Gasteiger partial charge in [-0.05, 0) is 39.4 Å². The maximum absolute atomic E-state index is 4.48. The molecule has 1 aliphatic rings. The van der Waals surface area contributed by atoms with Crippen molar-refractivity contribution in [2.45, 2.75) is 44.8 Å². The Morgan fingerprint density at radius 3 is 3.00 bits per heavy atom. The minimum Gasteiger partial charge on any atom is -0.316 e. The molecule has 1 aliphatic heterocycles. The van der Waals surface area contributed by atoms with Crippen LogP contribution < -0.4 is 5.32 Å². The molecule has 0 aliphatic carbocycles. The lowest BCUT2D eigenvalue weighted by atomic mass is 9.96. The average Bonchev–Trinajstić information content (AvgIpc) is 2.74. The molecule has 1 aromatic heterocycles. The minimum absolute atomic E-state index is 0.555. The highest BCUT2D eigenvalue weighted by atomic mass is 15.3. The predicted octanol–water partition coefficient (Wildman–Crippen LogP) is 1.38. The van der Waals surface area contributed by atoms with Crippen LogP contribution in [0.15, 0.2) is 12.3 Å². The van der Waals surface area contributed by atoms with Gasteiger partial charge in [-0.15, -0.1) is 0 Å². The fourth-order valence-corrected chi connectivity index (χ4v) is 2.73. The van der Waals surface area contributed by atoms with Gasteiger partial charge in [0.2, 0.25) is 0 Å². The van der Waals surface area contributed by atoms with Crippen LogP contribution in [0, 0.1) is 0 Å². The lowest BCUT2D eigenvalue weighted by Gasteiger charge is -2.38. The van der Waals surface area contributed by atoms with Gasteiger partial charge in [0.05, 0.1) is 5.69 Å². The van der Waals surface area contributed by atoms with Gasteiger partial charge in [0.15, 0.2) is 0 Å². The normalized spacial score (nSPS) is 23.8. The number of aromatic nitrogens is 2. The Morgan fingerprint density at radius 2 is 2.35 bits per heavy atom. The molecule has 1 fully saturated rings. The van der Waals surface area contributed by atoms with Gasteiger partial charge in [0.25, 0.3) is 0 Å². The molecule has 1 aromatic rings. The van der Waals surface area contributed by atoms with E-state index < -0.39 is 0 Å². The zero-order valence-corrected chi connectivity index (χ0v) is 11.2. The smallest absolute Gasteiger partial charge is 0.0764 e. The van der Waals surface area contributed by atoms with E-state index in [9.17, 15) is 0 Å². The van der Waals surface area contributed by atoms with Crippen molar-refractivity contribution in [2.24, 2.45) is 7.05 Å². The number of hydrogen-bond donors (Lipinski definition) is 1. The average molecular weight is 236 g/mol. The zero-order valence-electron chi connectivity index (χ0n) is 11.2. The van der Waals surface area contributed by atoms with Crippen molar-refractivity contribution >= 4 is 0 Å². The molecule has 4 heteroatoms. The summed E-state index contributed by atoms with van der Waals surface area (Å²) < 4.78 is 1.88. The van der Waals surface area contributed by atoms with Gasteiger partial charge in [0, 0.05) is 31.9 Å². The van der Waals surface area contributed by atoms with Crippen LogP contribution in [0.5, 0.6) is 0 Å². The van der Waals surface area contributed by atoms with Crippen molar-refractivity contribution in [3.63, 3.8) is 0 Å². The van der Waals surface area contributed by atoms with Crippen LogP contribution in [0.3, 0.4) is 0 Å². The molecular weight excluding hydrogens is 212 g/mol. The van der Waals surface area contributed by atoms with Gasteiger partial charge < -0.3 is 5.32 Å². The molecule has 0 amide bonds. The fraction of sp³-hybridized carbons (Fsp3) is 0.769. The molecule has 0 saturated carbocycles. The summed E-state index contributed by atoms with van der Waals surface area (Å²) in [6.45, 7) is 4.46. The van der Waals surface area contributed by atoms with E-state index in [4.69, 9.17) is 0 Å². The lowest BCUT2D eigenvalue weighted by molar-refractivity contribution is 0.112. The molecule has 0 radical (unpaired) electrons. The second-order valence-corrected chi connectivity index (χ2v) is 5.09. The SMILES string of the molecule is CNC(C)C1CCCCN1Cc1ccn(C)n1. The van der Waals surface area contributed by atoms with Crippen molar-refractivity contribution in [1.82, 2.24) is 20.0 Å². The van der Waals surface area contributed by atoms with Crippen LogP contribution in [0.1, 0.15) is 31.9 Å². The Morgan fingerprint density at radius 1 is 1.53 bits per heavy atom. The summed E-state index contributed by atoms with van der Waals surface area (Å²) in [6.07, 6.45) is 6.00. The first-order chi connectivity index (χ1) is 8.20. The molecule has 4 nitrogen and oxygen atoms in total. The van der Waals surface area contributed by atoms with Gasteiger partial charge in [-0.1, -0.05) is 6.42 Å². The number of aryl methyl sites for hydroxylation is 1. The Balaban J connectivity index is 2.01. The molecule has 0 aromatic carbocycles. The number of likely N-dealkylation sites (N-methyl/N-ethyl adjacent to an activating group) is 1. The number of likely N-dealkylation sites (tertiary alicyclic amines) is 1. The topological polar surface area (TPSA) is 33.1 Å². The fourth-order valence-electron chi connectivity index (χ4n) is 2.73. The van der Waals surface area contributed by atoms with Gasteiger partial charge in [-0.2, -0.15) is 5.10 Å². The molecule has 2 heterocycles. The number of rotatable bonds is 4. The van der Waals surface area contributed by atoms with Gasteiger partial charge in [0.1, 0.15) is 0 Å². The van der Waals surface area contributed by atoms with Crippen LogP contribution in [-0.2, 0) is 13.6 Å². The van der Waals surface area contributed by atoms with Gasteiger partial charge in [-0.25, -0.2) is 0 Å². The van der Waals surface area contributed by atoms with E-state index in [-0.39, 0.29) is 0 Å². The Labute approximate surface area is 104 Å². The maximum Gasteiger partial charge on any atom is 0.0764 e. The van der Waals surface area contributed by atoms with Crippen molar-refractivity contribution in [3.05, 3.63) is 18.0 Å². The van der Waals surface area contributed by atoms with E-state index in [0.717, 1.165) is 6.54 Å². The van der Waals surface area contributed by atoms with Crippen LogP contribution in [0.25, 0.3) is 0 Å². The first-order valence-corrected chi connectivity index (χ1v) is 6.60. The van der Waals surface area contributed by atoms with E-state index in [0.29, 0.717) is 12.1 Å². The molecular formula is C13H24N4. The van der Waals surface area contributed by atoms with E-state index >= 15 is 0 Å². The van der Waals surface area contributed by atoms with Gasteiger partial charge in [-0.3, -0.25) is 9.58 Å². The van der Waals surface area contributed by atoms with E-state index in [1.165, 1.54) is 31.5 Å². The van der Waals surface area contributed by atoms with Crippen molar-refractivity contribution in [2.75, 3.05) is 13.6 Å². The molecule has 2 atom stereocenters. The Bertz CT molecular complexity index is 347. The maximum atomic E-state index is 4.48. The van der Waals surface area contributed by atoms with Gasteiger partial charge >= 0.3 is 0 Å². The molecule has 96 valence electrons. The largest absolute Gasteiger partial charge is 0.316 e. The zero-order chi connectivity index (χ0) is 12.3. The second kappa shape index (κ2) is 5.65. The monoisotopic (exact) mass is 236 g/mol. The number of hydrogen-bond acceptors (Lipinski definition) is 3. The third kappa shape index (κ3) is 3.07. The van der Waals surface area contributed by atoms with E-state index in [2.05, 4.69) is 35.4 Å². The minimum atomic E-state index is 0.555. The van der Waals surface area contributed by atoms with E-state index in [1.54, 1.807) is 0 Å². The number of nitrogens with zero attached hydrogens (tertiary/aromatic N) is 3. The first-order valence-electron chi connectivity index (χ1n) is 6.60. The van der Waals surface area contributed by atoms with Crippen LogP contribution in [-0.4, -0.2) is 40.4 Å². The summed E-state index contributed by atoms with van der Waals surface area (Å²) in [4.78, 5) is 2.58. The summed E-state index contributed by atoms with van der Waals surface area (Å²) in [6, 6.07) is 3.32. The van der Waals surface area contributed by atoms with Crippen molar-refractivity contribution in [3.8, 4) is 0 Å². The van der Waals surface area contributed by atoms with Crippen LogP contribution >= 0.6 is 0 Å². The molecule has 1 N–H and O–H groups in total. The standard InChI is InChI=1S/C13H24N4/c1-11(14-2)13-6-4-5-8-17(13)10-12-7-9-16(3)15-12/h7,9,11,13-14H,4-6,8,10H2,1-3H3. The summed E-state index contributed by atoms with van der Waals surface area (Å²) in [7, 11) is 4.03. The predicted molar refractivity (Wildman–Crippen MR) is 69.8 cm³/mol. The highest BCUT2D eigenvalue weighted by Gasteiger charge is 2.26. The highest BCUT2D eigenvalue weighted by Crippen LogP contribution is 2.21. The third-order valence-electron chi connectivity index (χ3n) is 3.83. The lowest BCUT2D eigenvalue weighted by Crippen LogP contribution is -2.49. The molecule has 0 spiro atoms.